The van der Waals surface area contributed by atoms with E-state index in [1.807, 2.05) is 26.0 Å². The maximum atomic E-state index is 13.0. The van der Waals surface area contributed by atoms with Gasteiger partial charge in [-0.2, -0.15) is 8.78 Å². The number of amides is 2. The number of hydrogen-bond donors (Lipinski definition) is 1. The molecule has 0 heterocycles. The van der Waals surface area contributed by atoms with Crippen molar-refractivity contribution in [3.05, 3.63) is 53.1 Å². The van der Waals surface area contributed by atoms with Crippen LogP contribution in [0.3, 0.4) is 0 Å². The standard InChI is InChI=1S/C22H26F2N2O5/c1-14-6-5-7-17(15(14)2)25-20(27)13-26(10-11-29-3)21(28)16-8-9-18(31-22(23)24)19(12-16)30-4/h5-9,12,22H,10-11,13H2,1-4H3,(H,25,27). The van der Waals surface area contributed by atoms with Gasteiger partial charge in [-0.15, -0.1) is 0 Å². The zero-order chi connectivity index (χ0) is 23.0. The Bertz CT molecular complexity index is 921. The average Bonchev–Trinajstić information content (AvgIpc) is 2.73. The van der Waals surface area contributed by atoms with Crippen molar-refractivity contribution in [2.75, 3.05) is 39.2 Å². The van der Waals surface area contributed by atoms with E-state index in [0.717, 1.165) is 11.1 Å². The molecular weight excluding hydrogens is 410 g/mol. The Hall–Kier alpha value is -3.20. The Labute approximate surface area is 179 Å². The summed E-state index contributed by atoms with van der Waals surface area (Å²) >= 11 is 0. The quantitative estimate of drug-likeness (QED) is 0.615. The van der Waals surface area contributed by atoms with Gasteiger partial charge in [-0.05, 0) is 49.2 Å². The van der Waals surface area contributed by atoms with Crippen LogP contribution in [-0.2, 0) is 9.53 Å². The van der Waals surface area contributed by atoms with Gasteiger partial charge < -0.3 is 24.4 Å². The molecule has 9 heteroatoms. The number of rotatable bonds is 10. The van der Waals surface area contributed by atoms with Gasteiger partial charge in [-0.25, -0.2) is 0 Å². The van der Waals surface area contributed by atoms with E-state index in [0.29, 0.717) is 5.69 Å². The lowest BCUT2D eigenvalue weighted by Crippen LogP contribution is -2.40. The molecule has 0 aliphatic heterocycles. The van der Waals surface area contributed by atoms with Gasteiger partial charge in [0.05, 0.1) is 13.7 Å². The Morgan fingerprint density at radius 3 is 2.48 bits per heavy atom. The average molecular weight is 436 g/mol. The van der Waals surface area contributed by atoms with E-state index in [-0.39, 0.29) is 42.7 Å². The molecule has 0 aliphatic rings. The fraction of sp³-hybridized carbons (Fsp3) is 0.364. The van der Waals surface area contributed by atoms with E-state index in [2.05, 4.69) is 10.1 Å². The summed E-state index contributed by atoms with van der Waals surface area (Å²) in [6.45, 7) is 0.969. The molecule has 1 N–H and O–H groups in total. The summed E-state index contributed by atoms with van der Waals surface area (Å²) in [5.41, 5.74) is 2.79. The van der Waals surface area contributed by atoms with Crippen LogP contribution in [0.1, 0.15) is 21.5 Å². The highest BCUT2D eigenvalue weighted by Gasteiger charge is 2.21. The lowest BCUT2D eigenvalue weighted by Gasteiger charge is -2.23. The third-order valence-corrected chi connectivity index (χ3v) is 4.69. The monoisotopic (exact) mass is 436 g/mol. The van der Waals surface area contributed by atoms with Crippen LogP contribution in [0.4, 0.5) is 14.5 Å². The summed E-state index contributed by atoms with van der Waals surface area (Å²) in [5, 5.41) is 2.82. The molecule has 2 aromatic rings. The first-order valence-electron chi connectivity index (χ1n) is 9.54. The van der Waals surface area contributed by atoms with Crippen molar-refractivity contribution in [3.63, 3.8) is 0 Å². The highest BCUT2D eigenvalue weighted by atomic mass is 19.3. The Morgan fingerprint density at radius 1 is 1.10 bits per heavy atom. The van der Waals surface area contributed by atoms with E-state index in [4.69, 9.17) is 9.47 Å². The van der Waals surface area contributed by atoms with Crippen molar-refractivity contribution in [2.24, 2.45) is 0 Å². The molecule has 0 saturated heterocycles. The van der Waals surface area contributed by atoms with Gasteiger partial charge in [0.1, 0.15) is 6.54 Å². The summed E-state index contributed by atoms with van der Waals surface area (Å²) < 4.78 is 39.5. The third kappa shape index (κ3) is 6.65. The van der Waals surface area contributed by atoms with Gasteiger partial charge in [-0.1, -0.05) is 12.1 Å². The number of carbonyl (C=O) groups excluding carboxylic acids is 2. The molecule has 0 fully saturated rings. The molecule has 0 bridgehead atoms. The molecule has 0 radical (unpaired) electrons. The van der Waals surface area contributed by atoms with Crippen LogP contribution in [0.5, 0.6) is 11.5 Å². The number of aryl methyl sites for hydroxylation is 1. The van der Waals surface area contributed by atoms with Crippen LogP contribution in [0.15, 0.2) is 36.4 Å². The third-order valence-electron chi connectivity index (χ3n) is 4.69. The molecule has 0 unspecified atom stereocenters. The summed E-state index contributed by atoms with van der Waals surface area (Å²) in [5.74, 6) is -1.05. The van der Waals surface area contributed by atoms with Gasteiger partial charge in [0.2, 0.25) is 5.91 Å². The minimum absolute atomic E-state index is 0.0160. The molecular formula is C22H26F2N2O5. The van der Waals surface area contributed by atoms with Gasteiger partial charge in [0, 0.05) is 24.9 Å². The number of ether oxygens (including phenoxy) is 3. The summed E-state index contributed by atoms with van der Waals surface area (Å²) in [7, 11) is 2.76. The van der Waals surface area contributed by atoms with Gasteiger partial charge in [0.25, 0.3) is 5.91 Å². The number of alkyl halides is 2. The van der Waals surface area contributed by atoms with Crippen molar-refractivity contribution in [2.45, 2.75) is 20.5 Å². The predicted molar refractivity (Wildman–Crippen MR) is 112 cm³/mol. The van der Waals surface area contributed by atoms with Crippen molar-refractivity contribution < 1.29 is 32.6 Å². The second-order valence-corrected chi connectivity index (χ2v) is 6.76. The van der Waals surface area contributed by atoms with Crippen LogP contribution in [0, 0.1) is 13.8 Å². The first-order chi connectivity index (χ1) is 14.8. The SMILES string of the molecule is COCCN(CC(=O)Nc1cccc(C)c1C)C(=O)c1ccc(OC(F)F)c(OC)c1. The second kappa shape index (κ2) is 11.3. The Balaban J connectivity index is 2.19. The molecule has 2 aromatic carbocycles. The normalized spacial score (nSPS) is 10.7. The predicted octanol–water partition coefficient (Wildman–Crippen LogP) is 3.64. The maximum Gasteiger partial charge on any atom is 0.387 e. The number of carbonyl (C=O) groups is 2. The molecule has 2 rings (SSSR count). The minimum Gasteiger partial charge on any atom is -0.493 e. The van der Waals surface area contributed by atoms with Crippen LogP contribution < -0.4 is 14.8 Å². The number of anilines is 1. The highest BCUT2D eigenvalue weighted by Crippen LogP contribution is 2.30. The number of nitrogens with zero attached hydrogens (tertiary/aromatic N) is 1. The number of nitrogens with one attached hydrogen (secondary N) is 1. The number of benzene rings is 2. The van der Waals surface area contributed by atoms with E-state index in [1.165, 1.54) is 37.3 Å². The molecule has 0 saturated carbocycles. The van der Waals surface area contributed by atoms with Crippen molar-refractivity contribution in [1.29, 1.82) is 0 Å². The fourth-order valence-electron chi connectivity index (χ4n) is 2.88. The van der Waals surface area contributed by atoms with Crippen molar-refractivity contribution in [1.82, 2.24) is 4.90 Å². The van der Waals surface area contributed by atoms with Crippen LogP contribution in [-0.4, -0.2) is 57.2 Å². The first-order valence-corrected chi connectivity index (χ1v) is 9.54. The lowest BCUT2D eigenvalue weighted by atomic mass is 10.1. The van der Waals surface area contributed by atoms with Crippen LogP contribution in [0.25, 0.3) is 0 Å². The maximum absolute atomic E-state index is 13.0. The molecule has 0 aliphatic carbocycles. The smallest absolute Gasteiger partial charge is 0.387 e. The summed E-state index contributed by atoms with van der Waals surface area (Å²) in [4.78, 5) is 26.9. The largest absolute Gasteiger partial charge is 0.493 e. The molecule has 31 heavy (non-hydrogen) atoms. The molecule has 0 spiro atoms. The zero-order valence-electron chi connectivity index (χ0n) is 17.9. The molecule has 0 aromatic heterocycles. The minimum atomic E-state index is -3.03. The van der Waals surface area contributed by atoms with Crippen LogP contribution >= 0.6 is 0 Å². The zero-order valence-corrected chi connectivity index (χ0v) is 17.9. The van der Waals surface area contributed by atoms with E-state index in [9.17, 15) is 18.4 Å². The van der Waals surface area contributed by atoms with Crippen molar-refractivity contribution >= 4 is 17.5 Å². The fourth-order valence-corrected chi connectivity index (χ4v) is 2.88. The van der Waals surface area contributed by atoms with Gasteiger partial charge in [-0.3, -0.25) is 9.59 Å². The molecule has 168 valence electrons. The summed E-state index contributed by atoms with van der Waals surface area (Å²) in [6.07, 6.45) is 0. The number of methoxy groups -OCH3 is 2. The Morgan fingerprint density at radius 2 is 1.84 bits per heavy atom. The lowest BCUT2D eigenvalue weighted by molar-refractivity contribution is -0.117. The van der Waals surface area contributed by atoms with Crippen molar-refractivity contribution in [3.8, 4) is 11.5 Å². The van der Waals surface area contributed by atoms with E-state index < -0.39 is 12.5 Å². The molecule has 7 nitrogen and oxygen atoms in total. The summed E-state index contributed by atoms with van der Waals surface area (Å²) in [6, 6.07) is 9.42. The molecule has 0 atom stereocenters. The van der Waals surface area contributed by atoms with Gasteiger partial charge in [0.15, 0.2) is 11.5 Å². The number of hydrogen-bond acceptors (Lipinski definition) is 5. The first kappa shape index (κ1) is 24.1. The molecule has 2 amide bonds. The van der Waals surface area contributed by atoms with E-state index in [1.54, 1.807) is 6.07 Å². The topological polar surface area (TPSA) is 77.1 Å². The number of halogens is 2. The van der Waals surface area contributed by atoms with Crippen LogP contribution in [0.2, 0.25) is 0 Å². The van der Waals surface area contributed by atoms with E-state index >= 15 is 0 Å². The Kier molecular flexibility index (Phi) is 8.75. The van der Waals surface area contributed by atoms with Gasteiger partial charge >= 0.3 is 6.61 Å². The highest BCUT2D eigenvalue weighted by molar-refractivity contribution is 6.00. The second-order valence-electron chi connectivity index (χ2n) is 6.76.